The van der Waals surface area contributed by atoms with Gasteiger partial charge in [0.2, 0.25) is 5.88 Å². The number of rotatable bonds is 7. The van der Waals surface area contributed by atoms with E-state index in [1.54, 1.807) is 13.2 Å². The number of hydrogen-bond acceptors (Lipinski definition) is 4. The van der Waals surface area contributed by atoms with Gasteiger partial charge in [-0.15, -0.1) is 0 Å². The van der Waals surface area contributed by atoms with Crippen molar-refractivity contribution in [1.29, 1.82) is 0 Å². The first-order valence-corrected chi connectivity index (χ1v) is 7.38. The van der Waals surface area contributed by atoms with Gasteiger partial charge in [-0.25, -0.2) is 4.98 Å². The minimum absolute atomic E-state index is 0.298. The van der Waals surface area contributed by atoms with Crippen molar-refractivity contribution >= 4 is 11.6 Å². The summed E-state index contributed by atoms with van der Waals surface area (Å²) in [5, 5.41) is 0.339. The zero-order valence-electron chi connectivity index (χ0n) is 12.3. The number of halogens is 1. The maximum absolute atomic E-state index is 5.95. The molecule has 1 heterocycles. The summed E-state index contributed by atoms with van der Waals surface area (Å²) in [6.07, 6.45) is 3.48. The predicted molar refractivity (Wildman–Crippen MR) is 82.9 cm³/mol. The molecule has 1 aromatic heterocycles. The maximum atomic E-state index is 5.95. The highest BCUT2D eigenvalue weighted by molar-refractivity contribution is 6.29. The number of nitrogens with zero attached hydrogens (tertiary/aromatic N) is 2. The Bertz CT molecular complexity index is 573. The van der Waals surface area contributed by atoms with Crippen LogP contribution in [0.5, 0.6) is 11.6 Å². The number of methoxy groups -OCH3 is 1. The number of aromatic nitrogens is 2. The first kappa shape index (κ1) is 15.7. The largest absolute Gasteiger partial charge is 0.439 e. The van der Waals surface area contributed by atoms with E-state index in [-0.39, 0.29) is 0 Å². The minimum atomic E-state index is 0.298. The first-order valence-electron chi connectivity index (χ1n) is 7.00. The van der Waals surface area contributed by atoms with Gasteiger partial charge in [0.05, 0.1) is 0 Å². The topological polar surface area (TPSA) is 44.2 Å². The molecule has 0 N–H and O–H groups in total. The highest BCUT2D eigenvalue weighted by Gasteiger charge is 2.05. The van der Waals surface area contributed by atoms with Crippen molar-refractivity contribution in [2.45, 2.75) is 32.8 Å². The maximum Gasteiger partial charge on any atom is 0.224 e. The summed E-state index contributed by atoms with van der Waals surface area (Å²) in [6.45, 7) is 2.49. The van der Waals surface area contributed by atoms with Gasteiger partial charge >= 0.3 is 0 Å². The molecule has 0 unspecified atom stereocenters. The summed E-state index contributed by atoms with van der Waals surface area (Å²) in [4.78, 5) is 8.31. The van der Waals surface area contributed by atoms with Crippen molar-refractivity contribution in [1.82, 2.24) is 9.97 Å². The number of aryl methyl sites for hydroxylation is 1. The van der Waals surface area contributed by atoms with E-state index in [4.69, 9.17) is 21.1 Å². The summed E-state index contributed by atoms with van der Waals surface area (Å²) >= 11 is 5.95. The molecule has 0 spiro atoms. The lowest BCUT2D eigenvalue weighted by atomic mass is 10.1. The van der Waals surface area contributed by atoms with E-state index in [0.29, 0.717) is 23.5 Å². The van der Waals surface area contributed by atoms with Gasteiger partial charge in [0.25, 0.3) is 0 Å². The molecule has 4 nitrogen and oxygen atoms in total. The third-order valence-electron chi connectivity index (χ3n) is 2.96. The Hall–Kier alpha value is -1.65. The highest BCUT2D eigenvalue weighted by Crippen LogP contribution is 2.22. The second kappa shape index (κ2) is 7.96. The van der Waals surface area contributed by atoms with Gasteiger partial charge in [0.1, 0.15) is 17.5 Å². The Labute approximate surface area is 130 Å². The Morgan fingerprint density at radius 2 is 1.90 bits per heavy atom. The van der Waals surface area contributed by atoms with Crippen LogP contribution >= 0.6 is 11.6 Å². The fraction of sp³-hybridized carbons (Fsp3) is 0.375. The van der Waals surface area contributed by atoms with Gasteiger partial charge < -0.3 is 9.47 Å². The second-order valence-corrected chi connectivity index (χ2v) is 5.11. The molecule has 112 valence electrons. The molecule has 0 saturated heterocycles. The molecule has 0 aliphatic heterocycles. The molecule has 2 rings (SSSR count). The van der Waals surface area contributed by atoms with E-state index < -0.39 is 0 Å². The van der Waals surface area contributed by atoms with Gasteiger partial charge in [0, 0.05) is 13.2 Å². The summed E-state index contributed by atoms with van der Waals surface area (Å²) in [7, 11) is 1.58. The molecular formula is C16H19ClN2O2. The molecule has 0 amide bonds. The van der Waals surface area contributed by atoms with Crippen molar-refractivity contribution in [3.8, 4) is 11.6 Å². The fourth-order valence-corrected chi connectivity index (χ4v) is 2.10. The first-order chi connectivity index (χ1) is 10.2. The Kier molecular flexibility index (Phi) is 5.96. The highest BCUT2D eigenvalue weighted by atomic mass is 35.5. The Balaban J connectivity index is 2.07. The average molecular weight is 307 g/mol. The quantitative estimate of drug-likeness (QED) is 0.711. The van der Waals surface area contributed by atoms with Gasteiger partial charge in [0.15, 0.2) is 5.82 Å². The second-order valence-electron chi connectivity index (χ2n) is 4.73. The van der Waals surface area contributed by atoms with Crippen molar-refractivity contribution < 1.29 is 9.47 Å². The van der Waals surface area contributed by atoms with Crippen molar-refractivity contribution in [2.75, 3.05) is 7.11 Å². The summed E-state index contributed by atoms with van der Waals surface area (Å²) in [6, 6.07) is 9.62. The summed E-state index contributed by atoms with van der Waals surface area (Å²) in [5.41, 5.74) is 1.31. The smallest absolute Gasteiger partial charge is 0.224 e. The van der Waals surface area contributed by atoms with Crippen LogP contribution in [0.25, 0.3) is 0 Å². The molecule has 0 fully saturated rings. The zero-order chi connectivity index (χ0) is 15.1. The van der Waals surface area contributed by atoms with Crippen LogP contribution in [-0.4, -0.2) is 17.1 Å². The third kappa shape index (κ3) is 4.99. The molecule has 5 heteroatoms. The molecule has 0 aliphatic rings. The summed E-state index contributed by atoms with van der Waals surface area (Å²) in [5.74, 6) is 1.65. The fourth-order valence-electron chi connectivity index (χ4n) is 1.91. The van der Waals surface area contributed by atoms with Crippen molar-refractivity contribution in [3.05, 3.63) is 46.9 Å². The van der Waals surface area contributed by atoms with E-state index in [1.165, 1.54) is 18.4 Å². The molecule has 0 aliphatic carbocycles. The predicted octanol–water partition coefficient (Wildman–Crippen LogP) is 4.41. The number of benzene rings is 1. The molecule has 21 heavy (non-hydrogen) atoms. The molecule has 1 aromatic carbocycles. The molecule has 2 aromatic rings. The van der Waals surface area contributed by atoms with Crippen LogP contribution in [0.4, 0.5) is 0 Å². The van der Waals surface area contributed by atoms with E-state index in [1.807, 2.05) is 12.1 Å². The van der Waals surface area contributed by atoms with Crippen LogP contribution in [0, 0.1) is 0 Å². The number of unbranched alkanes of at least 4 members (excludes halogenated alkanes) is 1. The Morgan fingerprint density at radius 3 is 2.57 bits per heavy atom. The van der Waals surface area contributed by atoms with Crippen LogP contribution in [0.2, 0.25) is 5.15 Å². The summed E-state index contributed by atoms with van der Waals surface area (Å²) < 4.78 is 10.7. The lowest BCUT2D eigenvalue weighted by Gasteiger charge is -2.07. The van der Waals surface area contributed by atoms with Crippen LogP contribution < -0.4 is 4.74 Å². The standard InChI is InChI=1S/C16H19ClN2O2/c1-3-4-5-12-6-8-13(9-7-12)21-16-10-14(17)18-15(19-16)11-20-2/h6-10H,3-5,11H2,1-2H3. The number of ether oxygens (including phenoxy) is 2. The van der Waals surface area contributed by atoms with E-state index in [9.17, 15) is 0 Å². The van der Waals surface area contributed by atoms with Crippen molar-refractivity contribution in [2.24, 2.45) is 0 Å². The van der Waals surface area contributed by atoms with Crippen LogP contribution in [-0.2, 0) is 17.8 Å². The van der Waals surface area contributed by atoms with Gasteiger partial charge in [-0.3, -0.25) is 0 Å². The number of hydrogen-bond donors (Lipinski definition) is 0. The van der Waals surface area contributed by atoms with Crippen LogP contribution in [0.3, 0.4) is 0 Å². The van der Waals surface area contributed by atoms with Crippen LogP contribution in [0.15, 0.2) is 30.3 Å². The zero-order valence-corrected chi connectivity index (χ0v) is 13.1. The lowest BCUT2D eigenvalue weighted by Crippen LogP contribution is -1.99. The van der Waals surface area contributed by atoms with Gasteiger partial charge in [-0.2, -0.15) is 4.98 Å². The molecule has 0 bridgehead atoms. The molecule has 0 atom stereocenters. The lowest BCUT2D eigenvalue weighted by molar-refractivity contribution is 0.177. The van der Waals surface area contributed by atoms with Crippen molar-refractivity contribution in [3.63, 3.8) is 0 Å². The average Bonchev–Trinajstić information content (AvgIpc) is 2.46. The van der Waals surface area contributed by atoms with Gasteiger partial charge in [-0.1, -0.05) is 37.1 Å². The molecule has 0 saturated carbocycles. The molecule has 0 radical (unpaired) electrons. The van der Waals surface area contributed by atoms with E-state index in [2.05, 4.69) is 29.0 Å². The Morgan fingerprint density at radius 1 is 1.14 bits per heavy atom. The van der Waals surface area contributed by atoms with E-state index >= 15 is 0 Å². The monoisotopic (exact) mass is 306 g/mol. The van der Waals surface area contributed by atoms with Crippen LogP contribution in [0.1, 0.15) is 31.2 Å². The van der Waals surface area contributed by atoms with E-state index in [0.717, 1.165) is 12.2 Å². The normalized spacial score (nSPS) is 10.6. The van der Waals surface area contributed by atoms with Gasteiger partial charge in [-0.05, 0) is 30.5 Å². The third-order valence-corrected chi connectivity index (χ3v) is 3.15. The minimum Gasteiger partial charge on any atom is -0.439 e. The molecular weight excluding hydrogens is 288 g/mol. The SMILES string of the molecule is CCCCc1ccc(Oc2cc(Cl)nc(COC)n2)cc1.